The number of hydrogen-bond acceptors (Lipinski definition) is 4. The van der Waals surface area contributed by atoms with Crippen molar-refractivity contribution in [3.05, 3.63) is 67.5 Å². The van der Waals surface area contributed by atoms with Crippen LogP contribution < -0.4 is 16.6 Å². The van der Waals surface area contributed by atoms with Gasteiger partial charge in [0.1, 0.15) is 5.39 Å². The van der Waals surface area contributed by atoms with E-state index in [0.717, 1.165) is 9.13 Å². The van der Waals surface area contributed by atoms with Crippen LogP contribution in [0, 0.1) is 6.92 Å². The van der Waals surface area contributed by atoms with Gasteiger partial charge in [0.2, 0.25) is 0 Å². The molecule has 0 saturated heterocycles. The second-order valence-corrected chi connectivity index (χ2v) is 6.97. The molecule has 0 aliphatic heterocycles. The van der Waals surface area contributed by atoms with Crippen LogP contribution in [-0.2, 0) is 26.4 Å². The molecule has 3 rings (SSSR count). The molecule has 0 radical (unpaired) electrons. The van der Waals surface area contributed by atoms with Gasteiger partial charge in [-0.25, -0.2) is 9.78 Å². The molecule has 0 aliphatic rings. The minimum Gasteiger partial charge on any atom is -0.321 e. The van der Waals surface area contributed by atoms with Gasteiger partial charge in [0.15, 0.2) is 5.65 Å². The number of aryl methyl sites for hydroxylation is 2. The van der Waals surface area contributed by atoms with Gasteiger partial charge in [0, 0.05) is 25.9 Å². The first-order chi connectivity index (χ1) is 14.6. The first-order valence-corrected chi connectivity index (χ1v) is 8.79. The summed E-state index contributed by atoms with van der Waals surface area (Å²) in [6.07, 6.45) is -9.07. The maximum absolute atomic E-state index is 13.1. The van der Waals surface area contributed by atoms with Gasteiger partial charge < -0.3 is 5.32 Å². The molecule has 0 atom stereocenters. The van der Waals surface area contributed by atoms with E-state index in [1.807, 2.05) is 0 Å². The second-order valence-electron chi connectivity index (χ2n) is 6.97. The summed E-state index contributed by atoms with van der Waals surface area (Å²) in [6.45, 7) is 1.42. The van der Waals surface area contributed by atoms with Crippen molar-refractivity contribution in [1.82, 2.24) is 14.1 Å². The molecular formula is C19H14F6N4O3. The maximum atomic E-state index is 13.1. The summed E-state index contributed by atoms with van der Waals surface area (Å²) < 4.78 is 80.3. The minimum absolute atomic E-state index is 0.102. The number of carbonyl (C=O) groups is 1. The summed E-state index contributed by atoms with van der Waals surface area (Å²) in [5.41, 5.74) is -5.93. The molecule has 2 aromatic heterocycles. The number of alkyl halides is 6. The number of anilines is 1. The molecule has 3 aromatic rings. The van der Waals surface area contributed by atoms with Crippen molar-refractivity contribution < 1.29 is 31.1 Å². The van der Waals surface area contributed by atoms with Crippen LogP contribution in [0.1, 0.15) is 27.0 Å². The van der Waals surface area contributed by atoms with Crippen molar-refractivity contribution in [3.8, 4) is 0 Å². The number of pyridine rings is 1. The van der Waals surface area contributed by atoms with Crippen molar-refractivity contribution in [1.29, 1.82) is 0 Å². The van der Waals surface area contributed by atoms with E-state index in [1.54, 1.807) is 0 Å². The van der Waals surface area contributed by atoms with Gasteiger partial charge in [-0.15, -0.1) is 0 Å². The van der Waals surface area contributed by atoms with Gasteiger partial charge in [0.25, 0.3) is 11.5 Å². The number of nitrogens with zero attached hydrogens (tertiary/aromatic N) is 3. The number of amides is 1. The molecule has 13 heteroatoms. The zero-order chi connectivity index (χ0) is 24.2. The van der Waals surface area contributed by atoms with E-state index in [4.69, 9.17) is 0 Å². The third kappa shape index (κ3) is 3.97. The lowest BCUT2D eigenvalue weighted by Crippen LogP contribution is -2.37. The van der Waals surface area contributed by atoms with Crippen LogP contribution in [0.15, 0.2) is 34.0 Å². The number of hydrogen-bond donors (Lipinski definition) is 1. The Morgan fingerprint density at radius 1 is 0.938 bits per heavy atom. The molecule has 0 bridgehead atoms. The molecule has 7 nitrogen and oxygen atoms in total. The monoisotopic (exact) mass is 460 g/mol. The highest BCUT2D eigenvalue weighted by Crippen LogP contribution is 2.36. The summed E-state index contributed by atoms with van der Waals surface area (Å²) in [5.74, 6) is -1.31. The standard InChI is InChI=1S/C19H14F6N4O3/c1-8-7-26-14-12(16(31)29(3)17(32)28(14)2)13(8)27-15(30)9-4-10(18(20,21)22)6-11(5-9)19(23,24)25/h4-7H,1-3H3,(H,26,27,30). The molecule has 170 valence electrons. The number of fused-ring (bicyclic) bond motifs is 1. The van der Waals surface area contributed by atoms with E-state index in [9.17, 15) is 40.7 Å². The largest absolute Gasteiger partial charge is 0.416 e. The van der Waals surface area contributed by atoms with E-state index in [-0.39, 0.29) is 40.5 Å². The molecule has 1 N–H and O–H groups in total. The lowest BCUT2D eigenvalue weighted by Gasteiger charge is -2.16. The predicted octanol–water partition coefficient (Wildman–Crippen LogP) is 3.23. The SMILES string of the molecule is Cc1cnc2c(c1NC(=O)c1cc(C(F)(F)F)cc(C(F)(F)F)c1)c(=O)n(C)c(=O)n2C. The summed E-state index contributed by atoms with van der Waals surface area (Å²) in [6, 6.07) is 0.448. The fourth-order valence-corrected chi connectivity index (χ4v) is 3.06. The van der Waals surface area contributed by atoms with E-state index in [1.165, 1.54) is 27.2 Å². The highest BCUT2D eigenvalue weighted by molar-refractivity contribution is 6.09. The van der Waals surface area contributed by atoms with Crippen molar-refractivity contribution in [2.75, 3.05) is 5.32 Å². The third-order valence-corrected chi connectivity index (χ3v) is 4.75. The number of carbonyl (C=O) groups excluding carboxylic acids is 1. The molecule has 1 aromatic carbocycles. The molecule has 0 fully saturated rings. The highest BCUT2D eigenvalue weighted by Gasteiger charge is 2.37. The van der Waals surface area contributed by atoms with Crippen LogP contribution in [-0.4, -0.2) is 20.0 Å². The van der Waals surface area contributed by atoms with Crippen LogP contribution in [0.4, 0.5) is 32.0 Å². The highest BCUT2D eigenvalue weighted by atomic mass is 19.4. The lowest BCUT2D eigenvalue weighted by atomic mass is 10.0. The lowest BCUT2D eigenvalue weighted by molar-refractivity contribution is -0.143. The van der Waals surface area contributed by atoms with E-state index >= 15 is 0 Å². The smallest absolute Gasteiger partial charge is 0.321 e. The van der Waals surface area contributed by atoms with Gasteiger partial charge in [0.05, 0.1) is 16.8 Å². The van der Waals surface area contributed by atoms with Crippen LogP contribution in [0.25, 0.3) is 11.0 Å². The average Bonchev–Trinajstić information content (AvgIpc) is 2.70. The molecule has 0 unspecified atom stereocenters. The zero-order valence-corrected chi connectivity index (χ0v) is 16.6. The van der Waals surface area contributed by atoms with Gasteiger partial charge in [-0.1, -0.05) is 0 Å². The van der Waals surface area contributed by atoms with Crippen molar-refractivity contribution in [2.24, 2.45) is 14.1 Å². The van der Waals surface area contributed by atoms with Gasteiger partial charge in [-0.05, 0) is 30.7 Å². The Hall–Kier alpha value is -3.64. The topological polar surface area (TPSA) is 86.0 Å². The Kier molecular flexibility index (Phi) is 5.40. The van der Waals surface area contributed by atoms with Gasteiger partial charge >= 0.3 is 18.0 Å². The maximum Gasteiger partial charge on any atom is 0.416 e. The van der Waals surface area contributed by atoms with E-state index < -0.39 is 46.2 Å². The molecular weight excluding hydrogens is 446 g/mol. The predicted molar refractivity (Wildman–Crippen MR) is 101 cm³/mol. The first kappa shape index (κ1) is 23.0. The van der Waals surface area contributed by atoms with Crippen molar-refractivity contribution in [2.45, 2.75) is 19.3 Å². The Labute approximate surface area is 174 Å². The molecule has 0 saturated carbocycles. The van der Waals surface area contributed by atoms with Crippen molar-refractivity contribution in [3.63, 3.8) is 0 Å². The van der Waals surface area contributed by atoms with Crippen LogP contribution in [0.2, 0.25) is 0 Å². The summed E-state index contributed by atoms with van der Waals surface area (Å²) >= 11 is 0. The van der Waals surface area contributed by atoms with Gasteiger partial charge in [-0.3, -0.25) is 18.7 Å². The molecule has 1 amide bonds. The van der Waals surface area contributed by atoms with E-state index in [0.29, 0.717) is 0 Å². The average molecular weight is 460 g/mol. The summed E-state index contributed by atoms with van der Waals surface area (Å²) in [5, 5.41) is 1.97. The first-order valence-electron chi connectivity index (χ1n) is 8.79. The van der Waals surface area contributed by atoms with Gasteiger partial charge in [-0.2, -0.15) is 26.3 Å². The fraction of sp³-hybridized carbons (Fsp3) is 0.263. The summed E-state index contributed by atoms with van der Waals surface area (Å²) in [7, 11) is 2.47. The number of benzene rings is 1. The Morgan fingerprint density at radius 3 is 1.97 bits per heavy atom. The van der Waals surface area contributed by atoms with E-state index in [2.05, 4.69) is 10.3 Å². The third-order valence-electron chi connectivity index (χ3n) is 4.75. The Morgan fingerprint density at radius 2 is 1.47 bits per heavy atom. The summed E-state index contributed by atoms with van der Waals surface area (Å²) in [4.78, 5) is 41.4. The second kappa shape index (κ2) is 7.50. The quantitative estimate of drug-likeness (QED) is 0.596. The van der Waals surface area contributed by atoms with Crippen LogP contribution >= 0.6 is 0 Å². The number of halogens is 6. The zero-order valence-electron chi connectivity index (χ0n) is 16.6. The molecule has 0 aliphatic carbocycles. The van der Waals surface area contributed by atoms with Crippen molar-refractivity contribution >= 4 is 22.6 Å². The number of nitrogens with one attached hydrogen (secondary N) is 1. The van der Waals surface area contributed by atoms with Crippen LogP contribution in [0.3, 0.4) is 0 Å². The normalized spacial score (nSPS) is 12.3. The molecule has 2 heterocycles. The van der Waals surface area contributed by atoms with Crippen LogP contribution in [0.5, 0.6) is 0 Å². The Balaban J connectivity index is 2.21. The number of aromatic nitrogens is 3. The molecule has 0 spiro atoms. The fourth-order valence-electron chi connectivity index (χ4n) is 3.06. The molecule has 32 heavy (non-hydrogen) atoms. The minimum atomic E-state index is -5.14. The number of rotatable bonds is 2. The Bertz CT molecular complexity index is 1340.